The molecule has 146 valence electrons. The average molecular weight is 389 g/mol. The smallest absolute Gasteiger partial charge is 0.243 e. The molecule has 0 fully saturated rings. The maximum absolute atomic E-state index is 12.7. The average Bonchev–Trinajstić information content (AvgIpc) is 2.61. The molecule has 5 nitrogen and oxygen atoms in total. The first-order valence-electron chi connectivity index (χ1n) is 9.09. The number of anilines is 1. The summed E-state index contributed by atoms with van der Waals surface area (Å²) in [4.78, 5) is 12.7. The van der Waals surface area contributed by atoms with Crippen LogP contribution in [-0.2, 0) is 21.2 Å². The summed E-state index contributed by atoms with van der Waals surface area (Å²) in [5.41, 5.74) is 2.73. The van der Waals surface area contributed by atoms with Gasteiger partial charge in [-0.25, -0.2) is 8.42 Å². The fraction of sp³-hybridized carbons (Fsp3) is 0.381. The van der Waals surface area contributed by atoms with Gasteiger partial charge in [0.15, 0.2) is 0 Å². The monoisotopic (exact) mass is 388 g/mol. The molecule has 2 aromatic carbocycles. The highest BCUT2D eigenvalue weighted by Gasteiger charge is 2.29. The summed E-state index contributed by atoms with van der Waals surface area (Å²) in [7, 11) is -3.59. The highest BCUT2D eigenvalue weighted by molar-refractivity contribution is 7.92. The highest BCUT2D eigenvalue weighted by atomic mass is 32.2. The number of benzene rings is 2. The first-order valence-corrected chi connectivity index (χ1v) is 10.9. The van der Waals surface area contributed by atoms with Gasteiger partial charge in [0.2, 0.25) is 15.9 Å². The number of carbonyl (C=O) groups is 1. The van der Waals surface area contributed by atoms with Gasteiger partial charge in [0, 0.05) is 6.04 Å². The normalized spacial score (nSPS) is 13.6. The van der Waals surface area contributed by atoms with E-state index in [-0.39, 0.29) is 11.9 Å². The SMILES string of the molecule is Cc1ccc(N([C@H](C)C(=O)N[C@H](C)CCc2ccccc2)S(C)(=O)=O)cc1. The summed E-state index contributed by atoms with van der Waals surface area (Å²) in [5, 5.41) is 2.94. The Hall–Kier alpha value is -2.34. The minimum Gasteiger partial charge on any atom is -0.352 e. The zero-order valence-electron chi connectivity index (χ0n) is 16.3. The van der Waals surface area contributed by atoms with Crippen LogP contribution in [0.4, 0.5) is 5.69 Å². The highest BCUT2D eigenvalue weighted by Crippen LogP contribution is 2.21. The zero-order chi connectivity index (χ0) is 20.0. The van der Waals surface area contributed by atoms with E-state index >= 15 is 0 Å². The molecule has 0 aliphatic rings. The lowest BCUT2D eigenvalue weighted by Crippen LogP contribution is -2.50. The van der Waals surface area contributed by atoms with Crippen LogP contribution in [0.25, 0.3) is 0 Å². The third-order valence-corrected chi connectivity index (χ3v) is 5.72. The van der Waals surface area contributed by atoms with Crippen LogP contribution in [0.5, 0.6) is 0 Å². The molecule has 2 atom stereocenters. The summed E-state index contributed by atoms with van der Waals surface area (Å²) < 4.78 is 25.8. The van der Waals surface area contributed by atoms with Gasteiger partial charge in [-0.15, -0.1) is 0 Å². The van der Waals surface area contributed by atoms with Crippen molar-refractivity contribution in [3.05, 3.63) is 65.7 Å². The van der Waals surface area contributed by atoms with E-state index in [4.69, 9.17) is 0 Å². The molecule has 0 radical (unpaired) electrons. The second-order valence-electron chi connectivity index (χ2n) is 7.00. The molecule has 2 aromatic rings. The van der Waals surface area contributed by atoms with Gasteiger partial charge in [0.25, 0.3) is 0 Å². The van der Waals surface area contributed by atoms with Crippen LogP contribution in [0.1, 0.15) is 31.4 Å². The van der Waals surface area contributed by atoms with Crippen molar-refractivity contribution in [2.75, 3.05) is 10.6 Å². The van der Waals surface area contributed by atoms with Gasteiger partial charge in [-0.1, -0.05) is 48.0 Å². The number of nitrogens with zero attached hydrogens (tertiary/aromatic N) is 1. The van der Waals surface area contributed by atoms with Crippen LogP contribution in [-0.4, -0.2) is 32.7 Å². The number of rotatable bonds is 8. The van der Waals surface area contributed by atoms with Gasteiger partial charge in [0.05, 0.1) is 11.9 Å². The maximum atomic E-state index is 12.7. The molecule has 27 heavy (non-hydrogen) atoms. The summed E-state index contributed by atoms with van der Waals surface area (Å²) in [6.45, 7) is 5.48. The molecule has 0 aromatic heterocycles. The van der Waals surface area contributed by atoms with Crippen molar-refractivity contribution in [1.82, 2.24) is 5.32 Å². The van der Waals surface area contributed by atoms with Crippen molar-refractivity contribution in [2.24, 2.45) is 0 Å². The molecule has 0 bridgehead atoms. The Kier molecular flexibility index (Phi) is 7.02. The predicted octanol–water partition coefficient (Wildman–Crippen LogP) is 3.29. The van der Waals surface area contributed by atoms with Crippen LogP contribution >= 0.6 is 0 Å². The van der Waals surface area contributed by atoms with Gasteiger partial charge in [-0.3, -0.25) is 9.10 Å². The Morgan fingerprint density at radius 1 is 1.04 bits per heavy atom. The molecule has 0 heterocycles. The number of aryl methyl sites for hydroxylation is 2. The summed E-state index contributed by atoms with van der Waals surface area (Å²) in [6.07, 6.45) is 2.76. The molecule has 1 N–H and O–H groups in total. The quantitative estimate of drug-likeness (QED) is 0.755. The van der Waals surface area contributed by atoms with E-state index in [1.165, 1.54) is 9.87 Å². The Labute approximate surface area is 162 Å². The fourth-order valence-corrected chi connectivity index (χ4v) is 4.14. The predicted molar refractivity (Wildman–Crippen MR) is 110 cm³/mol. The van der Waals surface area contributed by atoms with Crippen LogP contribution in [0, 0.1) is 6.92 Å². The van der Waals surface area contributed by atoms with E-state index in [0.29, 0.717) is 5.69 Å². The van der Waals surface area contributed by atoms with Gasteiger partial charge < -0.3 is 5.32 Å². The third kappa shape index (κ3) is 6.10. The van der Waals surface area contributed by atoms with Crippen LogP contribution in [0.2, 0.25) is 0 Å². The molecule has 0 aliphatic heterocycles. The molecule has 6 heteroatoms. The first-order chi connectivity index (χ1) is 12.7. The van der Waals surface area contributed by atoms with Crippen LogP contribution in [0.3, 0.4) is 0 Å². The molecule has 0 aliphatic carbocycles. The van der Waals surface area contributed by atoms with E-state index in [1.54, 1.807) is 19.1 Å². The Morgan fingerprint density at radius 2 is 1.63 bits per heavy atom. The Balaban J connectivity index is 2.04. The lowest BCUT2D eigenvalue weighted by atomic mass is 10.1. The van der Waals surface area contributed by atoms with Crippen molar-refractivity contribution < 1.29 is 13.2 Å². The molecule has 0 spiro atoms. The van der Waals surface area contributed by atoms with Gasteiger partial charge >= 0.3 is 0 Å². The van der Waals surface area contributed by atoms with Gasteiger partial charge in [0.1, 0.15) is 6.04 Å². The van der Waals surface area contributed by atoms with E-state index in [0.717, 1.165) is 24.7 Å². The van der Waals surface area contributed by atoms with Crippen LogP contribution < -0.4 is 9.62 Å². The minimum atomic E-state index is -3.59. The van der Waals surface area contributed by atoms with E-state index in [2.05, 4.69) is 17.4 Å². The van der Waals surface area contributed by atoms with Crippen molar-refractivity contribution in [3.63, 3.8) is 0 Å². The molecule has 1 amide bonds. The Morgan fingerprint density at radius 3 is 2.19 bits per heavy atom. The molecule has 2 rings (SSSR count). The zero-order valence-corrected chi connectivity index (χ0v) is 17.2. The number of amides is 1. The van der Waals surface area contributed by atoms with Crippen molar-refractivity contribution in [3.8, 4) is 0 Å². The largest absolute Gasteiger partial charge is 0.352 e. The molecular weight excluding hydrogens is 360 g/mol. The number of sulfonamides is 1. The summed E-state index contributed by atoms with van der Waals surface area (Å²) in [6, 6.07) is 16.3. The number of nitrogens with one attached hydrogen (secondary N) is 1. The number of hydrogen-bond acceptors (Lipinski definition) is 3. The number of carbonyl (C=O) groups excluding carboxylic acids is 1. The second-order valence-corrected chi connectivity index (χ2v) is 8.86. The minimum absolute atomic E-state index is 0.0559. The van der Waals surface area contributed by atoms with Crippen LogP contribution in [0.15, 0.2) is 54.6 Å². The lowest BCUT2D eigenvalue weighted by molar-refractivity contribution is -0.122. The van der Waals surface area contributed by atoms with Crippen molar-refractivity contribution in [2.45, 2.75) is 45.7 Å². The number of hydrogen-bond donors (Lipinski definition) is 1. The summed E-state index contributed by atoms with van der Waals surface area (Å²) >= 11 is 0. The molecular formula is C21H28N2O3S. The van der Waals surface area contributed by atoms with Crippen molar-refractivity contribution >= 4 is 21.6 Å². The Bertz CT molecular complexity index is 849. The second kappa shape index (κ2) is 9.04. The topological polar surface area (TPSA) is 66.5 Å². The fourth-order valence-electron chi connectivity index (χ4n) is 2.96. The van der Waals surface area contributed by atoms with E-state index in [9.17, 15) is 13.2 Å². The standard InChI is InChI=1S/C21H28N2O3S/c1-16-10-14-20(15-11-16)23(27(4,25)26)18(3)21(24)22-17(2)12-13-19-8-6-5-7-9-19/h5-11,14-15,17-18H,12-13H2,1-4H3,(H,22,24)/t17-,18-/m1/s1. The van der Waals surface area contributed by atoms with Crippen molar-refractivity contribution in [1.29, 1.82) is 0 Å². The lowest BCUT2D eigenvalue weighted by Gasteiger charge is -2.29. The molecule has 0 saturated heterocycles. The van der Waals surface area contributed by atoms with Gasteiger partial charge in [-0.2, -0.15) is 0 Å². The first kappa shape index (κ1) is 21.0. The molecule has 0 saturated carbocycles. The summed E-state index contributed by atoms with van der Waals surface area (Å²) in [5.74, 6) is -0.304. The van der Waals surface area contributed by atoms with E-state index < -0.39 is 16.1 Å². The van der Waals surface area contributed by atoms with Gasteiger partial charge in [-0.05, 0) is 51.3 Å². The maximum Gasteiger partial charge on any atom is 0.243 e. The third-order valence-electron chi connectivity index (χ3n) is 4.47. The molecule has 0 unspecified atom stereocenters. The van der Waals surface area contributed by atoms with E-state index in [1.807, 2.05) is 44.2 Å².